The molecule has 5 nitrogen and oxygen atoms in total. The monoisotopic (exact) mass is 418 g/mol. The Hall–Kier alpha value is -3.32. The predicted molar refractivity (Wildman–Crippen MR) is 117 cm³/mol. The minimum absolute atomic E-state index is 0.155. The van der Waals surface area contributed by atoms with Crippen LogP contribution in [0, 0.1) is 12.9 Å². The van der Waals surface area contributed by atoms with Crippen molar-refractivity contribution in [1.82, 2.24) is 20.3 Å². The molecule has 30 heavy (non-hydrogen) atoms. The Morgan fingerprint density at radius 2 is 1.90 bits per heavy atom. The molecule has 150 valence electrons. The van der Waals surface area contributed by atoms with Crippen molar-refractivity contribution >= 4 is 28.6 Å². The summed E-state index contributed by atoms with van der Waals surface area (Å²) in [6, 6.07) is 15.7. The Morgan fingerprint density at radius 3 is 2.70 bits per heavy atom. The maximum Gasteiger partial charge on any atom is 0.251 e. The molecule has 4 aromatic rings. The minimum atomic E-state index is -0.548. The summed E-state index contributed by atoms with van der Waals surface area (Å²) in [6.07, 6.45) is 3.70. The second kappa shape index (κ2) is 8.59. The summed E-state index contributed by atoms with van der Waals surface area (Å²) in [7, 11) is 0. The molecule has 1 N–H and O–H groups in total. The number of thioether (sulfide) groups is 1. The van der Waals surface area contributed by atoms with E-state index in [0.717, 1.165) is 15.8 Å². The van der Waals surface area contributed by atoms with Gasteiger partial charge in [-0.05, 0) is 61.2 Å². The molecule has 0 fully saturated rings. The first kappa shape index (κ1) is 20.0. The smallest absolute Gasteiger partial charge is 0.251 e. The number of aromatic nitrogens is 3. The van der Waals surface area contributed by atoms with E-state index in [-0.39, 0.29) is 12.5 Å². The molecule has 0 aliphatic heterocycles. The second-order valence-corrected chi connectivity index (χ2v) is 7.63. The van der Waals surface area contributed by atoms with Crippen molar-refractivity contribution in [2.24, 2.45) is 0 Å². The first-order chi connectivity index (χ1) is 14.5. The van der Waals surface area contributed by atoms with Crippen molar-refractivity contribution in [2.75, 3.05) is 6.26 Å². The zero-order valence-corrected chi connectivity index (χ0v) is 17.3. The van der Waals surface area contributed by atoms with Crippen LogP contribution in [0.2, 0.25) is 0 Å². The number of carbonyl (C=O) groups is 1. The van der Waals surface area contributed by atoms with Gasteiger partial charge in [0.1, 0.15) is 0 Å². The zero-order chi connectivity index (χ0) is 21.1. The summed E-state index contributed by atoms with van der Waals surface area (Å²) < 4.78 is 13.4. The number of halogens is 1. The average molecular weight is 418 g/mol. The van der Waals surface area contributed by atoms with Gasteiger partial charge >= 0.3 is 0 Å². The number of hydrogen-bond donors (Lipinski definition) is 1. The van der Waals surface area contributed by atoms with Crippen LogP contribution in [0.4, 0.5) is 4.39 Å². The lowest BCUT2D eigenvalue weighted by Crippen LogP contribution is -2.23. The lowest BCUT2D eigenvalue weighted by molar-refractivity contribution is 0.0950. The van der Waals surface area contributed by atoms with Gasteiger partial charge < -0.3 is 5.32 Å². The summed E-state index contributed by atoms with van der Waals surface area (Å²) in [5.74, 6) is -0.703. The highest BCUT2D eigenvalue weighted by Crippen LogP contribution is 2.22. The van der Waals surface area contributed by atoms with Gasteiger partial charge in [0, 0.05) is 22.0 Å². The summed E-state index contributed by atoms with van der Waals surface area (Å²) in [5, 5.41) is 3.76. The Labute approximate surface area is 177 Å². The molecule has 7 heteroatoms. The van der Waals surface area contributed by atoms with Gasteiger partial charge in [0.05, 0.1) is 29.1 Å². The highest BCUT2D eigenvalue weighted by Gasteiger charge is 2.09. The molecule has 0 saturated heterocycles. The molecule has 0 bridgehead atoms. The first-order valence-electron chi connectivity index (χ1n) is 9.35. The molecule has 3 aromatic heterocycles. The number of carbonyl (C=O) groups excluding carboxylic acids is 1. The van der Waals surface area contributed by atoms with E-state index < -0.39 is 5.95 Å². The van der Waals surface area contributed by atoms with Crippen LogP contribution in [0.5, 0.6) is 0 Å². The van der Waals surface area contributed by atoms with Gasteiger partial charge in [-0.1, -0.05) is 12.1 Å². The van der Waals surface area contributed by atoms with Gasteiger partial charge in [-0.25, -0.2) is 9.97 Å². The first-order valence-corrected chi connectivity index (χ1v) is 10.6. The van der Waals surface area contributed by atoms with E-state index in [4.69, 9.17) is 0 Å². The lowest BCUT2D eigenvalue weighted by atomic mass is 10.1. The Kier molecular flexibility index (Phi) is 5.72. The number of benzene rings is 1. The number of aryl methyl sites for hydroxylation is 1. The van der Waals surface area contributed by atoms with Crippen LogP contribution >= 0.6 is 11.8 Å². The topological polar surface area (TPSA) is 67.8 Å². The van der Waals surface area contributed by atoms with Crippen molar-refractivity contribution < 1.29 is 9.18 Å². The molecule has 0 spiro atoms. The van der Waals surface area contributed by atoms with Crippen molar-refractivity contribution in [3.05, 3.63) is 83.6 Å². The Morgan fingerprint density at radius 1 is 1.07 bits per heavy atom. The van der Waals surface area contributed by atoms with Crippen LogP contribution in [0.15, 0.2) is 65.7 Å². The average Bonchev–Trinajstić information content (AvgIpc) is 2.77. The van der Waals surface area contributed by atoms with Gasteiger partial charge in [-0.15, -0.1) is 11.8 Å². The fourth-order valence-electron chi connectivity index (χ4n) is 3.08. The maximum atomic E-state index is 13.4. The molecule has 1 amide bonds. The van der Waals surface area contributed by atoms with Crippen LogP contribution in [0.3, 0.4) is 0 Å². The highest BCUT2D eigenvalue weighted by molar-refractivity contribution is 7.98. The third-order valence-corrected chi connectivity index (χ3v) is 5.59. The third-order valence-electron chi connectivity index (χ3n) is 4.71. The van der Waals surface area contributed by atoms with Crippen molar-refractivity contribution in [2.45, 2.75) is 18.4 Å². The van der Waals surface area contributed by atoms with Crippen LogP contribution < -0.4 is 5.32 Å². The van der Waals surface area contributed by atoms with Crippen LogP contribution in [-0.4, -0.2) is 27.1 Å². The molecular weight excluding hydrogens is 399 g/mol. The molecule has 4 rings (SSSR count). The van der Waals surface area contributed by atoms with Gasteiger partial charge in [0.25, 0.3) is 5.91 Å². The number of hydrogen-bond acceptors (Lipinski definition) is 5. The molecule has 0 aliphatic carbocycles. The maximum absolute atomic E-state index is 13.4. The lowest BCUT2D eigenvalue weighted by Gasteiger charge is -2.09. The van der Waals surface area contributed by atoms with Crippen molar-refractivity contribution in [3.8, 4) is 11.4 Å². The van der Waals surface area contributed by atoms with Gasteiger partial charge in [-0.2, -0.15) is 4.39 Å². The number of nitrogens with zero attached hydrogens (tertiary/aromatic N) is 3. The normalized spacial score (nSPS) is 10.9. The van der Waals surface area contributed by atoms with Gasteiger partial charge in [0.2, 0.25) is 5.95 Å². The van der Waals surface area contributed by atoms with E-state index >= 15 is 0 Å². The number of amides is 1. The van der Waals surface area contributed by atoms with Gasteiger partial charge in [-0.3, -0.25) is 9.78 Å². The summed E-state index contributed by atoms with van der Waals surface area (Å²) >= 11 is 1.61. The molecule has 0 aliphatic rings. The summed E-state index contributed by atoms with van der Waals surface area (Å²) in [4.78, 5) is 26.5. The van der Waals surface area contributed by atoms with Crippen molar-refractivity contribution in [3.63, 3.8) is 0 Å². The number of pyridine rings is 3. The molecule has 0 radical (unpaired) electrons. The molecule has 3 heterocycles. The molecule has 0 saturated carbocycles. The standard InChI is InChI=1S/C23H19FN4OS/c1-14-6-7-15(10-21(14)30-2)23(29)26-13-17-11-20-16(12-25-17)8-9-19(27-20)18-4-3-5-22(24)28-18/h3-12H,13H2,1-2H3,(H,26,29). The van der Waals surface area contributed by atoms with Crippen LogP contribution in [0.1, 0.15) is 21.6 Å². The molecular formula is C23H19FN4OS. The van der Waals surface area contributed by atoms with E-state index in [1.54, 1.807) is 36.2 Å². The van der Waals surface area contributed by atoms with E-state index in [9.17, 15) is 9.18 Å². The summed E-state index contributed by atoms with van der Waals surface area (Å²) in [6.45, 7) is 2.30. The van der Waals surface area contributed by atoms with E-state index in [1.165, 1.54) is 6.07 Å². The third kappa shape index (κ3) is 4.31. The Balaban J connectivity index is 1.54. The fourth-order valence-corrected chi connectivity index (χ4v) is 3.72. The van der Waals surface area contributed by atoms with E-state index in [0.29, 0.717) is 28.2 Å². The van der Waals surface area contributed by atoms with Crippen LogP contribution in [-0.2, 0) is 6.54 Å². The number of nitrogens with one attached hydrogen (secondary N) is 1. The SMILES string of the molecule is CSc1cc(C(=O)NCc2cc3nc(-c4cccc(F)n4)ccc3cn2)ccc1C. The number of fused-ring (bicyclic) bond motifs is 1. The minimum Gasteiger partial charge on any atom is -0.346 e. The molecule has 1 aromatic carbocycles. The number of rotatable bonds is 5. The fraction of sp³-hybridized carbons (Fsp3) is 0.130. The van der Waals surface area contributed by atoms with Gasteiger partial charge in [0.15, 0.2) is 0 Å². The Bertz CT molecular complexity index is 1250. The van der Waals surface area contributed by atoms with E-state index in [1.807, 2.05) is 43.5 Å². The molecule has 0 atom stereocenters. The van der Waals surface area contributed by atoms with E-state index in [2.05, 4.69) is 20.3 Å². The quantitative estimate of drug-likeness (QED) is 0.373. The highest BCUT2D eigenvalue weighted by atomic mass is 32.2. The van der Waals surface area contributed by atoms with Crippen LogP contribution in [0.25, 0.3) is 22.3 Å². The van der Waals surface area contributed by atoms with Crippen molar-refractivity contribution in [1.29, 1.82) is 0 Å². The second-order valence-electron chi connectivity index (χ2n) is 6.78. The predicted octanol–water partition coefficient (Wildman–Crippen LogP) is 4.79. The largest absolute Gasteiger partial charge is 0.346 e. The molecule has 0 unspecified atom stereocenters. The summed E-state index contributed by atoms with van der Waals surface area (Å²) in [5.41, 5.74) is 4.19. The zero-order valence-electron chi connectivity index (χ0n) is 16.5.